The van der Waals surface area contributed by atoms with E-state index in [0.717, 1.165) is 34.9 Å². The molecule has 0 saturated carbocycles. The Morgan fingerprint density at radius 2 is 2.14 bits per heavy atom. The van der Waals surface area contributed by atoms with Gasteiger partial charge in [0.1, 0.15) is 15.9 Å². The van der Waals surface area contributed by atoms with Gasteiger partial charge in [0, 0.05) is 9.58 Å². The molecular weight excluding hydrogens is 392 g/mol. The molecule has 7 heteroatoms. The highest BCUT2D eigenvalue weighted by Crippen LogP contribution is 2.39. The molecule has 1 aliphatic carbocycles. The van der Waals surface area contributed by atoms with Crippen LogP contribution in [0.4, 0.5) is 5.00 Å². The van der Waals surface area contributed by atoms with Crippen molar-refractivity contribution >= 4 is 49.6 Å². The molecule has 1 atom stereocenters. The average Bonchev–Trinajstić information content (AvgIpc) is 3.26. The van der Waals surface area contributed by atoms with E-state index in [1.807, 2.05) is 24.3 Å². The maximum absolute atomic E-state index is 12.3. The summed E-state index contributed by atoms with van der Waals surface area (Å²) in [5, 5.41) is 13.8. The molecule has 1 amide bonds. The third-order valence-corrected chi connectivity index (χ3v) is 7.10. The van der Waals surface area contributed by atoms with Crippen LogP contribution in [0.2, 0.25) is 0 Å². The van der Waals surface area contributed by atoms with Gasteiger partial charge >= 0.3 is 5.97 Å². The Balaban J connectivity index is 1.41. The summed E-state index contributed by atoms with van der Waals surface area (Å²) in [6.07, 6.45) is 2.86. The summed E-state index contributed by atoms with van der Waals surface area (Å²) in [4.78, 5) is 26.2. The number of nitrogens with zero attached hydrogens (tertiary/aromatic N) is 1. The molecule has 5 nitrogen and oxygen atoms in total. The Morgan fingerprint density at radius 3 is 2.93 bits per heavy atom. The van der Waals surface area contributed by atoms with Crippen LogP contribution in [-0.4, -0.2) is 18.5 Å². The van der Waals surface area contributed by atoms with Crippen molar-refractivity contribution in [2.75, 3.05) is 11.9 Å². The van der Waals surface area contributed by atoms with Crippen molar-refractivity contribution in [2.24, 2.45) is 5.92 Å². The second-order valence-electron chi connectivity index (χ2n) is 6.94. The van der Waals surface area contributed by atoms with E-state index in [4.69, 9.17) is 4.74 Å². The lowest BCUT2D eigenvalue weighted by Crippen LogP contribution is -2.20. The first-order chi connectivity index (χ1) is 13.5. The summed E-state index contributed by atoms with van der Waals surface area (Å²) in [6.45, 7) is 1.82. The molecule has 0 aliphatic heterocycles. The number of nitrogens with one attached hydrogen (secondary N) is 1. The number of carbonyl (C=O) groups is 2. The van der Waals surface area contributed by atoms with Crippen molar-refractivity contribution in [3.63, 3.8) is 0 Å². The number of hydrogen-bond donors (Lipinski definition) is 1. The van der Waals surface area contributed by atoms with Crippen molar-refractivity contribution in [3.05, 3.63) is 51.2 Å². The van der Waals surface area contributed by atoms with Gasteiger partial charge < -0.3 is 10.1 Å². The zero-order valence-corrected chi connectivity index (χ0v) is 16.9. The molecule has 2 heterocycles. The molecule has 1 N–H and O–H groups in total. The number of hydrogen-bond acceptors (Lipinski definition) is 6. The molecule has 0 unspecified atom stereocenters. The van der Waals surface area contributed by atoms with Gasteiger partial charge in [0.15, 0.2) is 6.61 Å². The number of amides is 1. The summed E-state index contributed by atoms with van der Waals surface area (Å²) >= 11 is 2.80. The number of thiophene rings is 2. The second-order valence-corrected chi connectivity index (χ2v) is 9.13. The smallest absolute Gasteiger partial charge is 0.348 e. The Labute approximate surface area is 170 Å². The van der Waals surface area contributed by atoms with Crippen molar-refractivity contribution in [1.29, 1.82) is 5.26 Å². The van der Waals surface area contributed by atoms with Gasteiger partial charge in [-0.3, -0.25) is 4.79 Å². The zero-order valence-electron chi connectivity index (χ0n) is 15.3. The van der Waals surface area contributed by atoms with Crippen LogP contribution in [0.1, 0.15) is 39.0 Å². The molecule has 142 valence electrons. The van der Waals surface area contributed by atoms with Crippen LogP contribution in [0.5, 0.6) is 0 Å². The number of anilines is 1. The highest BCUT2D eigenvalue weighted by molar-refractivity contribution is 7.20. The number of nitriles is 1. The van der Waals surface area contributed by atoms with E-state index < -0.39 is 11.9 Å². The standard InChI is InChI=1S/C21H18N2O3S2/c1-12-6-7-14-15(10-22)20(28-17(14)8-12)23-19(24)11-26-21(25)18-9-13-4-2-3-5-16(13)27-18/h2-5,9,12H,6-8,11H2,1H3,(H,23,24)/t12-/m1/s1. The van der Waals surface area contributed by atoms with Crippen LogP contribution >= 0.6 is 22.7 Å². The second kappa shape index (κ2) is 7.74. The first kappa shape index (κ1) is 18.7. The van der Waals surface area contributed by atoms with E-state index in [1.165, 1.54) is 27.6 Å². The normalized spacial score (nSPS) is 15.6. The lowest BCUT2D eigenvalue weighted by Gasteiger charge is -2.17. The van der Waals surface area contributed by atoms with Gasteiger partial charge in [-0.2, -0.15) is 5.26 Å². The minimum atomic E-state index is -0.517. The average molecular weight is 411 g/mol. The number of fused-ring (bicyclic) bond motifs is 2. The third-order valence-electron chi connectivity index (χ3n) is 4.84. The fourth-order valence-electron chi connectivity index (χ4n) is 3.40. The zero-order chi connectivity index (χ0) is 19.7. The Morgan fingerprint density at radius 1 is 1.32 bits per heavy atom. The van der Waals surface area contributed by atoms with E-state index in [0.29, 0.717) is 21.4 Å². The van der Waals surface area contributed by atoms with E-state index >= 15 is 0 Å². The summed E-state index contributed by atoms with van der Waals surface area (Å²) in [6, 6.07) is 11.7. The lowest BCUT2D eigenvalue weighted by molar-refractivity contribution is -0.119. The summed E-state index contributed by atoms with van der Waals surface area (Å²) in [5.74, 6) is -0.364. The Hall–Kier alpha value is -2.69. The van der Waals surface area contributed by atoms with Gasteiger partial charge in [0.2, 0.25) is 0 Å². The molecule has 0 bridgehead atoms. The molecule has 1 aromatic carbocycles. The van der Waals surface area contributed by atoms with Gasteiger partial charge in [0.25, 0.3) is 5.91 Å². The summed E-state index contributed by atoms with van der Waals surface area (Å²) < 4.78 is 6.16. The monoisotopic (exact) mass is 410 g/mol. The van der Waals surface area contributed by atoms with Crippen LogP contribution in [-0.2, 0) is 22.4 Å². The van der Waals surface area contributed by atoms with Crippen LogP contribution in [0.15, 0.2) is 30.3 Å². The Kier molecular flexibility index (Phi) is 5.16. The highest BCUT2D eigenvalue weighted by atomic mass is 32.1. The topological polar surface area (TPSA) is 79.2 Å². The number of ether oxygens (including phenoxy) is 1. The number of benzene rings is 1. The minimum Gasteiger partial charge on any atom is -0.451 e. The van der Waals surface area contributed by atoms with Crippen molar-refractivity contribution in [3.8, 4) is 6.07 Å². The molecule has 2 aromatic heterocycles. The maximum atomic E-state index is 12.3. The van der Waals surface area contributed by atoms with E-state index in [-0.39, 0.29) is 6.61 Å². The summed E-state index contributed by atoms with van der Waals surface area (Å²) in [7, 11) is 0. The SMILES string of the molecule is C[C@@H]1CCc2c(sc(NC(=O)COC(=O)c3cc4ccccc4s3)c2C#N)C1. The molecule has 0 fully saturated rings. The largest absolute Gasteiger partial charge is 0.451 e. The molecule has 0 saturated heterocycles. The van der Waals surface area contributed by atoms with Crippen molar-refractivity contribution in [1.82, 2.24) is 0 Å². The lowest BCUT2D eigenvalue weighted by atomic mass is 9.89. The van der Waals surface area contributed by atoms with E-state index in [9.17, 15) is 14.9 Å². The number of carbonyl (C=O) groups excluding carboxylic acids is 2. The minimum absolute atomic E-state index is 0.378. The molecule has 28 heavy (non-hydrogen) atoms. The highest BCUT2D eigenvalue weighted by Gasteiger charge is 2.25. The first-order valence-electron chi connectivity index (χ1n) is 9.05. The first-order valence-corrected chi connectivity index (χ1v) is 10.7. The van der Waals surface area contributed by atoms with Gasteiger partial charge in [-0.25, -0.2) is 4.79 Å². The maximum Gasteiger partial charge on any atom is 0.348 e. The van der Waals surface area contributed by atoms with Crippen molar-refractivity contribution in [2.45, 2.75) is 26.2 Å². The van der Waals surface area contributed by atoms with Crippen LogP contribution in [0, 0.1) is 17.2 Å². The van der Waals surface area contributed by atoms with Crippen LogP contribution in [0.3, 0.4) is 0 Å². The number of rotatable bonds is 4. The fourth-order valence-corrected chi connectivity index (χ4v) is 5.74. The predicted molar refractivity (Wildman–Crippen MR) is 111 cm³/mol. The van der Waals surface area contributed by atoms with Crippen LogP contribution in [0.25, 0.3) is 10.1 Å². The fraction of sp³-hybridized carbons (Fsp3) is 0.286. The molecule has 0 spiro atoms. The molecular formula is C21H18N2O3S2. The quantitative estimate of drug-likeness (QED) is 0.629. The Bertz CT molecular complexity index is 1070. The van der Waals surface area contributed by atoms with E-state index in [2.05, 4.69) is 18.3 Å². The molecule has 0 radical (unpaired) electrons. The van der Waals surface area contributed by atoms with Crippen molar-refractivity contribution < 1.29 is 14.3 Å². The van der Waals surface area contributed by atoms with E-state index in [1.54, 1.807) is 6.07 Å². The third kappa shape index (κ3) is 3.66. The van der Waals surface area contributed by atoms with Gasteiger partial charge in [0.05, 0.1) is 5.56 Å². The van der Waals surface area contributed by atoms with Gasteiger partial charge in [-0.1, -0.05) is 25.1 Å². The van der Waals surface area contributed by atoms with Gasteiger partial charge in [-0.15, -0.1) is 22.7 Å². The van der Waals surface area contributed by atoms with Gasteiger partial charge in [-0.05, 0) is 48.3 Å². The van der Waals surface area contributed by atoms with Crippen LogP contribution < -0.4 is 5.32 Å². The number of esters is 1. The molecule has 1 aliphatic rings. The molecule has 3 aromatic rings. The summed E-state index contributed by atoms with van der Waals surface area (Å²) in [5.41, 5.74) is 1.61. The predicted octanol–water partition coefficient (Wildman–Crippen LogP) is 4.75. The molecule has 4 rings (SSSR count).